The Bertz CT molecular complexity index is 414. The van der Waals surface area contributed by atoms with Gasteiger partial charge in [-0.3, -0.25) is 0 Å². The summed E-state index contributed by atoms with van der Waals surface area (Å²) in [6, 6.07) is 9.27. The van der Waals surface area contributed by atoms with Gasteiger partial charge in [-0.2, -0.15) is 10.2 Å². The fourth-order valence-corrected chi connectivity index (χ4v) is 1.53. The fourth-order valence-electron chi connectivity index (χ4n) is 1.53. The van der Waals surface area contributed by atoms with E-state index >= 15 is 0 Å². The number of nitrogens with zero attached hydrogens (tertiary/aromatic N) is 3. The van der Waals surface area contributed by atoms with Gasteiger partial charge < -0.3 is 17.0 Å². The molecule has 1 aromatic rings. The standard InChI is InChI=1S/C13H18N3O.Na/c1-10(2)15-12(13(3,17)16-14-4)11-8-6-5-7-9-11;/h5-10,17H,1H2,2-4H3;/q-1;+1. The van der Waals surface area contributed by atoms with Crippen LogP contribution in [0.1, 0.15) is 19.4 Å². The molecule has 5 heteroatoms. The van der Waals surface area contributed by atoms with Crippen molar-refractivity contribution >= 4 is 5.71 Å². The Morgan fingerprint density at radius 3 is 2.33 bits per heavy atom. The summed E-state index contributed by atoms with van der Waals surface area (Å²) in [5.41, 5.74) is -0.131. The average molecular weight is 255 g/mol. The number of rotatable bonds is 4. The summed E-state index contributed by atoms with van der Waals surface area (Å²) in [6.07, 6.45) is 0. The van der Waals surface area contributed by atoms with Gasteiger partial charge in [-0.05, 0) is 6.92 Å². The van der Waals surface area contributed by atoms with Gasteiger partial charge in [-0.25, -0.2) is 0 Å². The SMILES string of the molecule is [CH2-]C(C)N=C(c1ccccc1)C(C)(O)N=NC.[Na+]. The maximum Gasteiger partial charge on any atom is 1.00 e. The largest absolute Gasteiger partial charge is 1.00 e. The normalized spacial score (nSPS) is 17.1. The van der Waals surface area contributed by atoms with E-state index in [4.69, 9.17) is 0 Å². The molecule has 2 unspecified atom stereocenters. The maximum atomic E-state index is 10.3. The Morgan fingerprint density at radius 1 is 1.33 bits per heavy atom. The second kappa shape index (κ2) is 7.79. The molecule has 0 aromatic heterocycles. The summed E-state index contributed by atoms with van der Waals surface area (Å²) in [4.78, 5) is 4.34. The van der Waals surface area contributed by atoms with Crippen molar-refractivity contribution in [3.05, 3.63) is 42.8 Å². The molecule has 0 saturated heterocycles. The van der Waals surface area contributed by atoms with Crippen LogP contribution in [0.25, 0.3) is 0 Å². The molecule has 0 fully saturated rings. The van der Waals surface area contributed by atoms with Crippen molar-refractivity contribution in [3.63, 3.8) is 0 Å². The Labute approximate surface area is 131 Å². The van der Waals surface area contributed by atoms with Crippen LogP contribution in [0.5, 0.6) is 0 Å². The van der Waals surface area contributed by atoms with E-state index in [9.17, 15) is 5.11 Å². The second-order valence-electron chi connectivity index (χ2n) is 4.01. The van der Waals surface area contributed by atoms with Gasteiger partial charge in [0.25, 0.3) is 0 Å². The summed E-state index contributed by atoms with van der Waals surface area (Å²) >= 11 is 0. The summed E-state index contributed by atoms with van der Waals surface area (Å²) in [5, 5.41) is 17.7. The van der Waals surface area contributed by atoms with E-state index in [-0.39, 0.29) is 35.6 Å². The zero-order valence-electron chi connectivity index (χ0n) is 11.5. The van der Waals surface area contributed by atoms with E-state index in [1.165, 1.54) is 7.05 Å². The molecule has 2 atom stereocenters. The first kappa shape index (κ1) is 17.4. The molecular weight excluding hydrogens is 237 g/mol. The summed E-state index contributed by atoms with van der Waals surface area (Å²) < 4.78 is 0. The number of hydrogen-bond acceptors (Lipinski definition) is 4. The van der Waals surface area contributed by atoms with Gasteiger partial charge >= 0.3 is 29.6 Å². The first-order chi connectivity index (χ1) is 7.97. The van der Waals surface area contributed by atoms with E-state index < -0.39 is 5.72 Å². The van der Waals surface area contributed by atoms with Crippen LogP contribution in [0.4, 0.5) is 0 Å². The summed E-state index contributed by atoms with van der Waals surface area (Å²) in [5.74, 6) is 0. The number of aliphatic imine (C=N–C) groups is 1. The molecule has 0 aliphatic rings. The van der Waals surface area contributed by atoms with Gasteiger partial charge in [0.05, 0.1) is 5.71 Å². The maximum absolute atomic E-state index is 10.3. The first-order valence-electron chi connectivity index (χ1n) is 5.47. The third-order valence-electron chi connectivity index (χ3n) is 2.14. The molecule has 0 heterocycles. The zero-order chi connectivity index (χ0) is 12.9. The van der Waals surface area contributed by atoms with Crippen LogP contribution in [-0.4, -0.2) is 29.6 Å². The molecule has 1 rings (SSSR count). The van der Waals surface area contributed by atoms with Crippen molar-refractivity contribution in [3.8, 4) is 0 Å². The summed E-state index contributed by atoms with van der Waals surface area (Å²) in [6.45, 7) is 7.22. The predicted octanol–water partition coefficient (Wildman–Crippen LogP) is -0.507. The van der Waals surface area contributed by atoms with Crippen LogP contribution < -0.4 is 29.6 Å². The quantitative estimate of drug-likeness (QED) is 0.335. The minimum Gasteiger partial charge on any atom is -0.363 e. The molecule has 0 spiro atoms. The molecule has 0 aliphatic heterocycles. The molecule has 1 aromatic carbocycles. The number of benzene rings is 1. The predicted molar refractivity (Wildman–Crippen MR) is 69.2 cm³/mol. The van der Waals surface area contributed by atoms with Gasteiger partial charge in [0.15, 0.2) is 0 Å². The fraction of sp³-hybridized carbons (Fsp3) is 0.385. The molecule has 0 amide bonds. The minimum absolute atomic E-state index is 0. The molecule has 0 aliphatic carbocycles. The van der Waals surface area contributed by atoms with E-state index in [1.807, 2.05) is 37.3 Å². The van der Waals surface area contributed by atoms with Gasteiger partial charge in [0.1, 0.15) is 0 Å². The van der Waals surface area contributed by atoms with Gasteiger partial charge in [-0.15, -0.1) is 0 Å². The number of azo groups is 1. The van der Waals surface area contributed by atoms with Crippen molar-refractivity contribution in [1.29, 1.82) is 0 Å². The molecular formula is C13H18N3NaO. The molecule has 1 N–H and O–H groups in total. The van der Waals surface area contributed by atoms with Gasteiger partial charge in [-0.1, -0.05) is 43.3 Å². The van der Waals surface area contributed by atoms with Crippen LogP contribution in [0.3, 0.4) is 0 Å². The number of aliphatic hydroxyl groups is 1. The Morgan fingerprint density at radius 2 is 1.89 bits per heavy atom. The summed E-state index contributed by atoms with van der Waals surface area (Å²) in [7, 11) is 1.52. The monoisotopic (exact) mass is 255 g/mol. The Kier molecular flexibility index (Phi) is 7.55. The second-order valence-corrected chi connectivity index (χ2v) is 4.01. The van der Waals surface area contributed by atoms with E-state index in [1.54, 1.807) is 6.92 Å². The van der Waals surface area contributed by atoms with Crippen molar-refractivity contribution in [2.75, 3.05) is 7.05 Å². The van der Waals surface area contributed by atoms with Gasteiger partial charge in [0, 0.05) is 12.6 Å². The average Bonchev–Trinajstić information content (AvgIpc) is 2.26. The topological polar surface area (TPSA) is 57.3 Å². The third-order valence-corrected chi connectivity index (χ3v) is 2.14. The first-order valence-corrected chi connectivity index (χ1v) is 5.47. The minimum atomic E-state index is -1.43. The Hall–Kier alpha value is -0.550. The van der Waals surface area contributed by atoms with Crippen LogP contribution in [0.2, 0.25) is 0 Å². The van der Waals surface area contributed by atoms with Crippen molar-refractivity contribution in [2.24, 2.45) is 15.2 Å². The molecule has 92 valence electrons. The van der Waals surface area contributed by atoms with Crippen LogP contribution in [-0.2, 0) is 0 Å². The molecule has 0 saturated carbocycles. The Balaban J connectivity index is 0.00000289. The molecule has 18 heavy (non-hydrogen) atoms. The van der Waals surface area contributed by atoms with Crippen molar-refractivity contribution in [1.82, 2.24) is 0 Å². The van der Waals surface area contributed by atoms with Gasteiger partial charge in [0.2, 0.25) is 5.72 Å². The van der Waals surface area contributed by atoms with Crippen LogP contribution >= 0.6 is 0 Å². The van der Waals surface area contributed by atoms with E-state index in [0.717, 1.165) is 5.56 Å². The zero-order valence-corrected chi connectivity index (χ0v) is 13.5. The van der Waals surface area contributed by atoms with Crippen LogP contribution in [0.15, 0.2) is 45.6 Å². The van der Waals surface area contributed by atoms with E-state index in [0.29, 0.717) is 5.71 Å². The third kappa shape index (κ3) is 4.98. The van der Waals surface area contributed by atoms with Crippen molar-refractivity contribution < 1.29 is 34.7 Å². The molecule has 4 nitrogen and oxygen atoms in total. The van der Waals surface area contributed by atoms with Crippen LogP contribution in [0, 0.1) is 6.92 Å². The smallest absolute Gasteiger partial charge is 0.363 e. The number of hydrogen-bond donors (Lipinski definition) is 1. The molecule has 0 radical (unpaired) electrons. The molecule has 0 bridgehead atoms. The van der Waals surface area contributed by atoms with Crippen molar-refractivity contribution in [2.45, 2.75) is 25.6 Å². The van der Waals surface area contributed by atoms with E-state index in [2.05, 4.69) is 22.1 Å².